The predicted octanol–water partition coefficient (Wildman–Crippen LogP) is 6.05. The molecule has 1 unspecified atom stereocenters. The van der Waals surface area contributed by atoms with E-state index in [1.54, 1.807) is 17.3 Å². The van der Waals surface area contributed by atoms with Crippen molar-refractivity contribution in [1.82, 2.24) is 19.9 Å². The molecule has 1 saturated heterocycles. The second-order valence-corrected chi connectivity index (χ2v) is 9.57. The zero-order valence-electron chi connectivity index (χ0n) is 19.1. The lowest BCUT2D eigenvalue weighted by Crippen LogP contribution is -2.42. The van der Waals surface area contributed by atoms with Gasteiger partial charge in [-0.1, -0.05) is 11.6 Å². The second kappa shape index (κ2) is 9.75. The monoisotopic (exact) mass is 465 g/mol. The van der Waals surface area contributed by atoms with Gasteiger partial charge in [-0.25, -0.2) is 14.8 Å². The molecule has 1 atom stereocenters. The lowest BCUT2D eigenvalue weighted by Gasteiger charge is -2.33. The molecule has 3 heterocycles. The van der Waals surface area contributed by atoms with Crippen molar-refractivity contribution in [2.75, 3.05) is 18.4 Å². The van der Waals surface area contributed by atoms with Crippen LogP contribution in [0, 0.1) is 0 Å². The summed E-state index contributed by atoms with van der Waals surface area (Å²) in [6.45, 7) is 6.83. The molecule has 8 heteroatoms. The van der Waals surface area contributed by atoms with Crippen molar-refractivity contribution in [3.63, 3.8) is 0 Å². The SMILES string of the molecule is CC(C)(C)OC(=O)N1CCCC(c2nc(Nc3ccc(Cl)cc3)cc(-c3ccncc3)n2)C1. The van der Waals surface area contributed by atoms with Gasteiger partial charge in [-0.05, 0) is 70.0 Å². The molecule has 0 spiro atoms. The normalized spacial score (nSPS) is 16.4. The fraction of sp³-hybridized carbons (Fsp3) is 0.360. The number of ether oxygens (including phenoxy) is 1. The number of aromatic nitrogens is 3. The third kappa shape index (κ3) is 6.20. The molecule has 1 amide bonds. The number of likely N-dealkylation sites (tertiary alicyclic amines) is 1. The van der Waals surface area contributed by atoms with Gasteiger partial charge in [0.05, 0.1) is 5.69 Å². The summed E-state index contributed by atoms with van der Waals surface area (Å²) in [5, 5.41) is 4.03. The van der Waals surface area contributed by atoms with Crippen molar-refractivity contribution >= 4 is 29.2 Å². The van der Waals surface area contributed by atoms with Crippen LogP contribution in [-0.2, 0) is 4.74 Å². The summed E-state index contributed by atoms with van der Waals surface area (Å²) in [6.07, 6.45) is 4.96. The van der Waals surface area contributed by atoms with Crippen LogP contribution in [0.3, 0.4) is 0 Å². The van der Waals surface area contributed by atoms with Gasteiger partial charge in [-0.15, -0.1) is 0 Å². The first-order valence-corrected chi connectivity index (χ1v) is 11.4. The Labute approximate surface area is 199 Å². The maximum Gasteiger partial charge on any atom is 0.410 e. The number of benzene rings is 1. The van der Waals surface area contributed by atoms with Gasteiger partial charge < -0.3 is 15.0 Å². The van der Waals surface area contributed by atoms with Gasteiger partial charge in [0.15, 0.2) is 0 Å². The van der Waals surface area contributed by atoms with Gasteiger partial charge in [0.25, 0.3) is 0 Å². The topological polar surface area (TPSA) is 80.2 Å². The van der Waals surface area contributed by atoms with Gasteiger partial charge in [0.2, 0.25) is 0 Å². The summed E-state index contributed by atoms with van der Waals surface area (Å²) in [5.41, 5.74) is 2.10. The van der Waals surface area contributed by atoms with E-state index in [4.69, 9.17) is 26.3 Å². The maximum absolute atomic E-state index is 12.6. The average Bonchev–Trinajstić information content (AvgIpc) is 2.80. The summed E-state index contributed by atoms with van der Waals surface area (Å²) >= 11 is 6.02. The molecule has 1 aliphatic rings. The maximum atomic E-state index is 12.6. The Hall–Kier alpha value is -3.19. The van der Waals surface area contributed by atoms with Crippen LogP contribution in [0.5, 0.6) is 0 Å². The smallest absolute Gasteiger partial charge is 0.410 e. The van der Waals surface area contributed by atoms with E-state index >= 15 is 0 Å². The number of hydrogen-bond donors (Lipinski definition) is 1. The lowest BCUT2D eigenvalue weighted by molar-refractivity contribution is 0.0196. The highest BCUT2D eigenvalue weighted by Crippen LogP contribution is 2.30. The number of rotatable bonds is 4. The Morgan fingerprint density at radius 2 is 1.85 bits per heavy atom. The fourth-order valence-electron chi connectivity index (χ4n) is 3.74. The molecular formula is C25H28ClN5O2. The van der Waals surface area contributed by atoms with Crippen LogP contribution in [-0.4, -0.2) is 44.6 Å². The Bertz CT molecular complexity index is 1100. The van der Waals surface area contributed by atoms with Crippen molar-refractivity contribution in [3.05, 3.63) is 65.7 Å². The largest absolute Gasteiger partial charge is 0.444 e. The van der Waals surface area contributed by atoms with Crippen LogP contribution in [0.4, 0.5) is 16.3 Å². The number of amides is 1. The van der Waals surface area contributed by atoms with E-state index in [9.17, 15) is 4.79 Å². The molecule has 1 fully saturated rings. The van der Waals surface area contributed by atoms with Crippen molar-refractivity contribution in [2.24, 2.45) is 0 Å². The first-order valence-electron chi connectivity index (χ1n) is 11.1. The molecule has 1 N–H and O–H groups in total. The Balaban J connectivity index is 1.63. The molecule has 7 nitrogen and oxygen atoms in total. The minimum absolute atomic E-state index is 0.0128. The molecule has 33 heavy (non-hydrogen) atoms. The zero-order valence-corrected chi connectivity index (χ0v) is 19.8. The number of hydrogen-bond acceptors (Lipinski definition) is 6. The van der Waals surface area contributed by atoms with E-state index in [1.165, 1.54) is 0 Å². The van der Waals surface area contributed by atoms with Gasteiger partial charge >= 0.3 is 6.09 Å². The minimum atomic E-state index is -0.530. The molecule has 1 aliphatic heterocycles. The van der Waals surface area contributed by atoms with Crippen LogP contribution in [0.15, 0.2) is 54.9 Å². The summed E-state index contributed by atoms with van der Waals surface area (Å²) in [4.78, 5) is 28.2. The molecule has 2 aromatic heterocycles. The Morgan fingerprint density at radius 3 is 2.55 bits per heavy atom. The molecule has 0 saturated carbocycles. The van der Waals surface area contributed by atoms with Crippen LogP contribution in [0.25, 0.3) is 11.3 Å². The highest BCUT2D eigenvalue weighted by molar-refractivity contribution is 6.30. The molecule has 172 valence electrons. The van der Waals surface area contributed by atoms with Gasteiger partial charge in [0.1, 0.15) is 17.2 Å². The number of nitrogens with one attached hydrogen (secondary N) is 1. The number of pyridine rings is 1. The molecule has 3 aromatic rings. The minimum Gasteiger partial charge on any atom is -0.444 e. The van der Waals surface area contributed by atoms with Crippen LogP contribution >= 0.6 is 11.6 Å². The van der Waals surface area contributed by atoms with Gasteiger partial charge in [0, 0.05) is 53.7 Å². The predicted molar refractivity (Wildman–Crippen MR) is 130 cm³/mol. The standard InChI is InChI=1S/C25H28ClN5O2/c1-25(2,3)33-24(32)31-14-4-5-18(16-31)23-29-21(17-10-12-27-13-11-17)15-22(30-23)28-20-8-6-19(26)7-9-20/h6-13,15,18H,4-5,14,16H2,1-3H3,(H,28,29,30). The van der Waals surface area contributed by atoms with Crippen molar-refractivity contribution in [3.8, 4) is 11.3 Å². The molecule has 0 aliphatic carbocycles. The second-order valence-electron chi connectivity index (χ2n) is 9.13. The number of carbonyl (C=O) groups is 1. The van der Waals surface area contributed by atoms with Crippen LogP contribution < -0.4 is 5.32 Å². The van der Waals surface area contributed by atoms with E-state index in [-0.39, 0.29) is 12.0 Å². The first-order chi connectivity index (χ1) is 15.8. The third-order valence-corrected chi connectivity index (χ3v) is 5.53. The number of halogens is 1. The molecule has 4 rings (SSSR count). The molecular weight excluding hydrogens is 438 g/mol. The van der Waals surface area contributed by atoms with E-state index in [0.29, 0.717) is 29.8 Å². The van der Waals surface area contributed by atoms with Gasteiger partial charge in [-0.2, -0.15) is 0 Å². The summed E-state index contributed by atoms with van der Waals surface area (Å²) < 4.78 is 5.58. The quantitative estimate of drug-likeness (QED) is 0.505. The lowest BCUT2D eigenvalue weighted by atomic mass is 9.97. The first kappa shape index (κ1) is 23.0. The molecule has 1 aromatic carbocycles. The van der Waals surface area contributed by atoms with Gasteiger partial charge in [-0.3, -0.25) is 4.98 Å². The van der Waals surface area contributed by atoms with Crippen LogP contribution in [0.2, 0.25) is 5.02 Å². The fourth-order valence-corrected chi connectivity index (χ4v) is 3.87. The number of carbonyl (C=O) groups excluding carboxylic acids is 1. The molecule has 0 bridgehead atoms. The average molecular weight is 466 g/mol. The Morgan fingerprint density at radius 1 is 1.12 bits per heavy atom. The highest BCUT2D eigenvalue weighted by Gasteiger charge is 2.30. The highest BCUT2D eigenvalue weighted by atomic mass is 35.5. The number of nitrogens with zero attached hydrogens (tertiary/aromatic N) is 4. The van der Waals surface area contributed by atoms with E-state index in [1.807, 2.05) is 63.2 Å². The third-order valence-electron chi connectivity index (χ3n) is 5.27. The summed E-state index contributed by atoms with van der Waals surface area (Å²) in [6, 6.07) is 13.2. The number of piperidine rings is 1. The van der Waals surface area contributed by atoms with E-state index in [2.05, 4.69) is 10.3 Å². The zero-order chi connectivity index (χ0) is 23.4. The van der Waals surface area contributed by atoms with Crippen molar-refractivity contribution < 1.29 is 9.53 Å². The van der Waals surface area contributed by atoms with E-state index in [0.717, 1.165) is 29.8 Å². The summed E-state index contributed by atoms with van der Waals surface area (Å²) in [5.74, 6) is 1.40. The summed E-state index contributed by atoms with van der Waals surface area (Å²) in [7, 11) is 0. The van der Waals surface area contributed by atoms with E-state index < -0.39 is 5.60 Å². The van der Waals surface area contributed by atoms with Crippen molar-refractivity contribution in [2.45, 2.75) is 45.1 Å². The van der Waals surface area contributed by atoms with Crippen LogP contribution in [0.1, 0.15) is 45.4 Å². The Kier molecular flexibility index (Phi) is 6.79. The van der Waals surface area contributed by atoms with Crippen molar-refractivity contribution in [1.29, 1.82) is 0 Å². The number of anilines is 2. The molecule has 0 radical (unpaired) electrons.